The number of allylic oxidation sites excluding steroid dienone is 12. The summed E-state index contributed by atoms with van der Waals surface area (Å²) < 4.78 is 17.5. The van der Waals surface area contributed by atoms with Crippen LogP contribution < -0.4 is 0 Å². The Morgan fingerprint density at radius 1 is 0.444 bits per heavy atom. The van der Waals surface area contributed by atoms with Gasteiger partial charge in [0.2, 0.25) is 0 Å². The first-order chi connectivity index (χ1) is 45.1. The second kappa shape index (κ2) is 54.1. The number of unbranched alkanes of at least 4 members (excludes halogenated alkanes) is 9. The summed E-state index contributed by atoms with van der Waals surface area (Å²) in [6, 6.07) is 11.1. The molecule has 1 aromatic rings. The van der Waals surface area contributed by atoms with E-state index in [1.807, 2.05) is 6.08 Å². The van der Waals surface area contributed by atoms with E-state index in [4.69, 9.17) is 85.3 Å². The van der Waals surface area contributed by atoms with Crippen LogP contribution in [-0.2, 0) is 71.7 Å². The molecule has 0 bridgehead atoms. The number of hydrogen-bond acceptors (Lipinski definition) is 3. The summed E-state index contributed by atoms with van der Waals surface area (Å²) in [5.74, 6) is 7.32. The van der Waals surface area contributed by atoms with E-state index in [0.717, 1.165) is 80.0 Å². The molecule has 12 atom stereocenters. The van der Waals surface area contributed by atoms with Crippen LogP contribution in [0, 0.1) is 81.5 Å². The van der Waals surface area contributed by atoms with Crippen LogP contribution in [0.3, 0.4) is 0 Å². The number of hydrogen-bond donors (Lipinski definition) is 0. The minimum absolute atomic E-state index is 0. The van der Waals surface area contributed by atoms with Gasteiger partial charge in [-0.25, -0.2) is 0 Å². The summed E-state index contributed by atoms with van der Waals surface area (Å²) in [4.78, 5) is 10.6. The first-order valence-electron chi connectivity index (χ1n) is 36.8. The number of fused-ring (bicyclic) bond motifs is 3. The first-order valence-corrected chi connectivity index (χ1v) is 55.7. The molecular weight excluding hydrogens is 1490 g/mol. The quantitative estimate of drug-likeness (QED) is 0.0312. The third kappa shape index (κ3) is 43.5. The fourth-order valence-corrected chi connectivity index (χ4v) is 22.1. The molecular formula is C82H143Cl6N3O3Si2Ti3-6. The molecule has 0 aliphatic heterocycles. The van der Waals surface area contributed by atoms with E-state index in [0.29, 0.717) is 29.6 Å². The molecule has 0 saturated heterocycles. The van der Waals surface area contributed by atoms with Crippen molar-refractivity contribution in [1.82, 2.24) is 0 Å². The fourth-order valence-electron chi connectivity index (χ4n) is 15.9. The Kier molecular flexibility index (Phi) is 56.1. The van der Waals surface area contributed by atoms with Crippen LogP contribution >= 0.6 is 55.8 Å². The van der Waals surface area contributed by atoms with Crippen LogP contribution in [0.15, 0.2) is 116 Å². The fraction of sp³-hybridized carbons (Fsp3) is 0.720. The van der Waals surface area contributed by atoms with Gasteiger partial charge in [0, 0.05) is 19.8 Å². The van der Waals surface area contributed by atoms with Gasteiger partial charge in [0.15, 0.2) is 0 Å². The van der Waals surface area contributed by atoms with E-state index in [1.165, 1.54) is 121 Å². The van der Waals surface area contributed by atoms with Crippen molar-refractivity contribution in [2.24, 2.45) is 59.2 Å². The van der Waals surface area contributed by atoms with E-state index in [9.17, 15) is 0 Å². The van der Waals surface area contributed by atoms with Crippen LogP contribution in [0.2, 0.25) is 37.3 Å². The number of halogens is 6. The summed E-state index contributed by atoms with van der Waals surface area (Å²) in [5.41, 5.74) is 3.12. The van der Waals surface area contributed by atoms with Gasteiger partial charge in [-0.05, 0) is 172 Å². The molecule has 3 fully saturated rings. The van der Waals surface area contributed by atoms with Crippen molar-refractivity contribution in [3.8, 4) is 0 Å². The van der Waals surface area contributed by atoms with Crippen LogP contribution in [0.4, 0.5) is 0 Å². The molecule has 17 heteroatoms. The topological polar surface area (TPSA) is 70.0 Å². The molecule has 99 heavy (non-hydrogen) atoms. The Bertz CT molecular complexity index is 2390. The predicted molar refractivity (Wildman–Crippen MR) is 441 cm³/mol. The second-order valence-electron chi connectivity index (χ2n) is 33.3. The van der Waals surface area contributed by atoms with Gasteiger partial charge in [0.1, 0.15) is 0 Å². The van der Waals surface area contributed by atoms with E-state index in [-0.39, 0.29) is 50.2 Å². The molecule has 572 valence electrons. The van der Waals surface area contributed by atoms with Crippen molar-refractivity contribution in [3.05, 3.63) is 159 Å². The molecule has 0 N–H and O–H groups in total. The normalized spacial score (nSPS) is 24.1. The average molecular weight is 1630 g/mol. The van der Waals surface area contributed by atoms with E-state index < -0.39 is 67.6 Å². The van der Waals surface area contributed by atoms with Crippen molar-refractivity contribution >= 4 is 72.3 Å². The zero-order valence-corrected chi connectivity index (χ0v) is 77.6. The van der Waals surface area contributed by atoms with Crippen molar-refractivity contribution in [2.75, 3.05) is 32.9 Å². The molecule has 0 heterocycles. The zero-order valence-electron chi connectivity index (χ0n) is 66.3. The van der Waals surface area contributed by atoms with E-state index >= 15 is 0 Å². The summed E-state index contributed by atoms with van der Waals surface area (Å²) >= 11 is -1.67. The van der Waals surface area contributed by atoms with Crippen molar-refractivity contribution in [3.63, 3.8) is 0 Å². The SMILES string of the molecule is C=CCC[N-][Si](C)(C)C1CC(CCCCCCOC(C)(C)C)C2C=CC=CC21.CC(C)(C)OCCCCCC[N-][Si](C)(C)C1CC(Cc2ccccc2)C2C=CC=CC21.CC(C)(C)[N-]C(C)(C)C1CC(CCCCCCOC(C)(C)C)C2C=CC=CC21.[CH3-].[CH3-].[CH3-].[Cl][Ti][Cl].[Cl][Ti][Cl].[Cl][Ti][Cl]. The number of rotatable bonds is 32. The average Bonchev–Trinajstić information content (AvgIpc) is 1.65. The Morgan fingerprint density at radius 3 is 1.17 bits per heavy atom. The van der Waals surface area contributed by atoms with Crippen LogP contribution in [-0.4, -0.2) is 77.3 Å². The Hall–Kier alpha value is 1.48. The molecule has 7 rings (SSSR count). The Labute approximate surface area is 666 Å². The number of ether oxygens (including phenoxy) is 3. The number of benzene rings is 1. The zero-order chi connectivity index (χ0) is 72.1. The van der Waals surface area contributed by atoms with Gasteiger partial charge in [0.25, 0.3) is 0 Å². The second-order valence-corrected chi connectivity index (χ2v) is 49.7. The summed E-state index contributed by atoms with van der Waals surface area (Å²) in [7, 11) is 26.1. The number of nitrogens with zero attached hydrogens (tertiary/aromatic N) is 3. The summed E-state index contributed by atoms with van der Waals surface area (Å²) in [5, 5.41) is 5.23. The van der Waals surface area contributed by atoms with Crippen LogP contribution in [0.25, 0.3) is 15.3 Å². The molecule has 0 spiro atoms. The molecule has 3 saturated carbocycles. The third-order valence-corrected chi connectivity index (χ3v) is 27.0. The Morgan fingerprint density at radius 2 is 0.778 bits per heavy atom. The van der Waals surface area contributed by atoms with Crippen LogP contribution in [0.1, 0.15) is 218 Å². The molecule has 12 unspecified atom stereocenters. The van der Waals surface area contributed by atoms with Crippen molar-refractivity contribution in [2.45, 2.75) is 284 Å². The summed E-state index contributed by atoms with van der Waals surface area (Å²) in [6.07, 6.45) is 54.9. The predicted octanol–water partition coefficient (Wildman–Crippen LogP) is 28.8. The van der Waals surface area contributed by atoms with Gasteiger partial charge in [-0.3, -0.25) is 0 Å². The molecule has 1 aromatic carbocycles. The molecule has 0 radical (unpaired) electrons. The summed E-state index contributed by atoms with van der Waals surface area (Å²) in [6.45, 7) is 49.2. The van der Waals surface area contributed by atoms with Gasteiger partial charge in [-0.1, -0.05) is 275 Å². The molecule has 0 aromatic heterocycles. The van der Waals surface area contributed by atoms with E-state index in [1.54, 1.807) is 0 Å². The van der Waals surface area contributed by atoms with Crippen molar-refractivity contribution in [1.29, 1.82) is 0 Å². The minimum atomic E-state index is -1.62. The maximum absolute atomic E-state index is 5.84. The van der Waals surface area contributed by atoms with Gasteiger partial charge in [0.05, 0.1) is 16.8 Å². The third-order valence-electron chi connectivity index (χ3n) is 20.0. The maximum atomic E-state index is 5.84. The molecule has 6 nitrogen and oxygen atoms in total. The molecule has 0 amide bonds. The first kappa shape index (κ1) is 103. The monoisotopic (exact) mass is 1630 g/mol. The van der Waals surface area contributed by atoms with Crippen molar-refractivity contribution < 1.29 is 65.3 Å². The standard InChI is InChI=1S/C28H44NOSi.C26H46NO.C25H44NOSi.3CH3.6ClH.3Ti/c1-28(2,3)30-20-14-7-6-13-19-29-31(4,5)27-22-24(21-23-15-9-8-10-16-23)25-17-11-12-18-26(25)27;1-24(2,3)27-26(7,8)23-19-20(21-16-12-13-17-22(21)23)15-11-9-10-14-18-28-25(4,5)6;1-7-8-18-26-28(5,6)24-20-21(22-16-12-13-17-23(22)24)15-11-9-10-14-19-27-25(2,3)4;;;;;;;;;;;;/h8-12,15-18,24-27H,6-7,13-14,19-22H2,1-5H3;12-13,16-17,20-23H,9-11,14-15,18-19H2,1-8H3;7,12-13,16-17,21-24H,1,8-11,14-15,18-20H2,2-6H3;3*1H3;6*1H;;;/q6*-1;;;;;;;3*+2/p-6. The molecule has 6 aliphatic carbocycles. The molecule has 6 aliphatic rings. The van der Waals surface area contributed by atoms with Gasteiger partial charge < -0.3 is 51.8 Å². The van der Waals surface area contributed by atoms with Crippen LogP contribution in [0.5, 0.6) is 0 Å². The van der Waals surface area contributed by atoms with Gasteiger partial charge in [-0.15, -0.1) is 24.2 Å². The van der Waals surface area contributed by atoms with Gasteiger partial charge >= 0.3 is 107 Å². The Balaban J connectivity index is 0. The van der Waals surface area contributed by atoms with Gasteiger partial charge in [-0.2, -0.15) is 6.54 Å². The van der Waals surface area contributed by atoms with E-state index in [2.05, 4.69) is 233 Å².